The molecule has 0 aliphatic heterocycles. The van der Waals surface area contributed by atoms with E-state index in [0.29, 0.717) is 23.1 Å². The van der Waals surface area contributed by atoms with E-state index >= 15 is 0 Å². The van der Waals surface area contributed by atoms with Gasteiger partial charge in [0, 0.05) is 28.6 Å². The molecule has 164 valence electrons. The standard InChI is InChI=1S/C26H25Cl2N3O/c1-17-9-12-21(18(2)14-17)26(32)29-13-5-8-25-30-23-6-3-4-7-24(23)31(25)16-19-10-11-20(27)15-22(19)28/h3-4,6-7,9-12,14-15H,5,8,13,16H2,1-2H3,(H,29,32). The summed E-state index contributed by atoms with van der Waals surface area (Å²) in [5, 5.41) is 4.30. The number of halogens is 2. The Hall–Kier alpha value is -2.82. The number of carbonyl (C=O) groups excluding carboxylic acids is 1. The van der Waals surface area contributed by atoms with Gasteiger partial charge in [0.2, 0.25) is 0 Å². The normalized spacial score (nSPS) is 11.1. The summed E-state index contributed by atoms with van der Waals surface area (Å²) in [6.07, 6.45) is 1.53. The van der Waals surface area contributed by atoms with Crippen LogP contribution >= 0.6 is 23.2 Å². The van der Waals surface area contributed by atoms with Gasteiger partial charge in [0.1, 0.15) is 5.82 Å². The van der Waals surface area contributed by atoms with Crippen LogP contribution in [0, 0.1) is 13.8 Å². The summed E-state index contributed by atoms with van der Waals surface area (Å²) in [5.74, 6) is 0.932. The van der Waals surface area contributed by atoms with Crippen LogP contribution in [0.2, 0.25) is 10.0 Å². The van der Waals surface area contributed by atoms with E-state index in [1.165, 1.54) is 0 Å². The van der Waals surface area contributed by atoms with Gasteiger partial charge in [-0.2, -0.15) is 0 Å². The summed E-state index contributed by atoms with van der Waals surface area (Å²) in [6.45, 7) is 5.18. The number of imidazole rings is 1. The van der Waals surface area contributed by atoms with Crippen molar-refractivity contribution in [3.63, 3.8) is 0 Å². The van der Waals surface area contributed by atoms with Crippen LogP contribution in [0.3, 0.4) is 0 Å². The first-order valence-corrected chi connectivity index (χ1v) is 11.4. The lowest BCUT2D eigenvalue weighted by atomic mass is 10.1. The summed E-state index contributed by atoms with van der Waals surface area (Å²) in [4.78, 5) is 17.4. The largest absolute Gasteiger partial charge is 0.352 e. The third-order valence-electron chi connectivity index (χ3n) is 5.57. The first-order chi connectivity index (χ1) is 15.4. The molecule has 1 N–H and O–H groups in total. The Morgan fingerprint density at radius 1 is 1.03 bits per heavy atom. The Morgan fingerprint density at radius 3 is 2.62 bits per heavy atom. The molecule has 3 aromatic carbocycles. The van der Waals surface area contributed by atoms with E-state index in [0.717, 1.165) is 52.0 Å². The van der Waals surface area contributed by atoms with Crippen LogP contribution in [0.4, 0.5) is 0 Å². The number of para-hydroxylation sites is 2. The maximum Gasteiger partial charge on any atom is 0.251 e. The van der Waals surface area contributed by atoms with Crippen molar-refractivity contribution in [3.05, 3.63) is 98.8 Å². The molecule has 32 heavy (non-hydrogen) atoms. The van der Waals surface area contributed by atoms with Gasteiger partial charge < -0.3 is 9.88 Å². The van der Waals surface area contributed by atoms with E-state index in [-0.39, 0.29) is 5.91 Å². The molecule has 4 rings (SSSR count). The number of rotatable bonds is 7. The third kappa shape index (κ3) is 4.98. The molecule has 0 fully saturated rings. The number of amides is 1. The van der Waals surface area contributed by atoms with Crippen molar-refractivity contribution in [1.29, 1.82) is 0 Å². The smallest absolute Gasteiger partial charge is 0.251 e. The highest BCUT2D eigenvalue weighted by Crippen LogP contribution is 2.25. The van der Waals surface area contributed by atoms with E-state index in [9.17, 15) is 4.79 Å². The van der Waals surface area contributed by atoms with Crippen molar-refractivity contribution in [1.82, 2.24) is 14.9 Å². The molecule has 0 aliphatic rings. The lowest BCUT2D eigenvalue weighted by molar-refractivity contribution is 0.0952. The van der Waals surface area contributed by atoms with Crippen LogP contribution in [-0.4, -0.2) is 22.0 Å². The zero-order valence-corrected chi connectivity index (χ0v) is 19.7. The fraction of sp³-hybridized carbons (Fsp3) is 0.231. The van der Waals surface area contributed by atoms with E-state index in [1.54, 1.807) is 6.07 Å². The topological polar surface area (TPSA) is 46.9 Å². The minimum atomic E-state index is -0.0380. The van der Waals surface area contributed by atoms with Crippen LogP contribution < -0.4 is 5.32 Å². The number of nitrogens with zero attached hydrogens (tertiary/aromatic N) is 2. The molecule has 1 heterocycles. The quantitative estimate of drug-likeness (QED) is 0.322. The minimum Gasteiger partial charge on any atom is -0.352 e. The Bertz CT molecular complexity index is 1280. The van der Waals surface area contributed by atoms with Crippen LogP contribution in [0.5, 0.6) is 0 Å². The van der Waals surface area contributed by atoms with Gasteiger partial charge in [-0.15, -0.1) is 0 Å². The number of fused-ring (bicyclic) bond motifs is 1. The molecule has 0 spiro atoms. The maximum atomic E-state index is 12.5. The number of aryl methyl sites for hydroxylation is 3. The summed E-state index contributed by atoms with van der Waals surface area (Å²) in [6, 6.07) is 19.5. The van der Waals surface area contributed by atoms with Gasteiger partial charge in [-0.3, -0.25) is 4.79 Å². The van der Waals surface area contributed by atoms with Crippen molar-refractivity contribution in [2.24, 2.45) is 0 Å². The summed E-state index contributed by atoms with van der Waals surface area (Å²) >= 11 is 12.5. The number of benzene rings is 3. The zero-order valence-electron chi connectivity index (χ0n) is 18.2. The molecule has 0 atom stereocenters. The number of hydrogen-bond donors (Lipinski definition) is 1. The molecule has 4 aromatic rings. The molecule has 0 unspecified atom stereocenters. The van der Waals surface area contributed by atoms with Gasteiger partial charge in [0.15, 0.2) is 0 Å². The molecule has 4 nitrogen and oxygen atoms in total. The molecule has 0 saturated heterocycles. The lowest BCUT2D eigenvalue weighted by Crippen LogP contribution is -2.25. The van der Waals surface area contributed by atoms with Gasteiger partial charge in [-0.05, 0) is 61.7 Å². The minimum absolute atomic E-state index is 0.0380. The predicted octanol–water partition coefficient (Wildman–Crippen LogP) is 6.37. The average Bonchev–Trinajstić information content (AvgIpc) is 3.10. The molecule has 0 aliphatic carbocycles. The van der Waals surface area contributed by atoms with Crippen LogP contribution in [0.25, 0.3) is 11.0 Å². The molecular weight excluding hydrogens is 441 g/mol. The highest BCUT2D eigenvalue weighted by molar-refractivity contribution is 6.35. The summed E-state index contributed by atoms with van der Waals surface area (Å²) in [7, 11) is 0. The van der Waals surface area contributed by atoms with Crippen LogP contribution in [0.1, 0.15) is 39.3 Å². The first-order valence-electron chi connectivity index (χ1n) is 10.7. The van der Waals surface area contributed by atoms with Gasteiger partial charge in [0.05, 0.1) is 17.6 Å². The molecule has 1 amide bonds. The second-order valence-electron chi connectivity index (χ2n) is 8.02. The first kappa shape index (κ1) is 22.4. The van der Waals surface area contributed by atoms with Gasteiger partial charge in [0.25, 0.3) is 5.91 Å². The van der Waals surface area contributed by atoms with Crippen LogP contribution in [0.15, 0.2) is 60.7 Å². The van der Waals surface area contributed by atoms with Crippen molar-refractivity contribution < 1.29 is 4.79 Å². The van der Waals surface area contributed by atoms with E-state index in [2.05, 4.69) is 16.0 Å². The van der Waals surface area contributed by atoms with E-state index in [4.69, 9.17) is 28.2 Å². The number of carbonyl (C=O) groups is 1. The summed E-state index contributed by atoms with van der Waals surface area (Å²) in [5.41, 5.74) is 5.87. The highest BCUT2D eigenvalue weighted by atomic mass is 35.5. The fourth-order valence-corrected chi connectivity index (χ4v) is 4.39. The monoisotopic (exact) mass is 465 g/mol. The number of nitrogens with one attached hydrogen (secondary N) is 1. The Labute approximate surface area is 198 Å². The molecule has 6 heteroatoms. The van der Waals surface area contributed by atoms with Crippen molar-refractivity contribution >= 4 is 40.1 Å². The van der Waals surface area contributed by atoms with Crippen LogP contribution in [-0.2, 0) is 13.0 Å². The van der Waals surface area contributed by atoms with E-state index < -0.39 is 0 Å². The van der Waals surface area contributed by atoms with Gasteiger partial charge in [-0.1, -0.05) is 59.1 Å². The second-order valence-corrected chi connectivity index (χ2v) is 8.86. The van der Waals surface area contributed by atoms with Crippen molar-refractivity contribution in [2.45, 2.75) is 33.2 Å². The zero-order chi connectivity index (χ0) is 22.7. The number of hydrogen-bond acceptors (Lipinski definition) is 2. The lowest BCUT2D eigenvalue weighted by Gasteiger charge is -2.12. The fourth-order valence-electron chi connectivity index (χ4n) is 3.92. The number of aromatic nitrogens is 2. The Kier molecular flexibility index (Phi) is 6.83. The molecule has 1 aromatic heterocycles. The van der Waals surface area contributed by atoms with Crippen molar-refractivity contribution in [2.75, 3.05) is 6.54 Å². The van der Waals surface area contributed by atoms with E-state index in [1.807, 2.05) is 62.4 Å². The van der Waals surface area contributed by atoms with Gasteiger partial charge in [-0.25, -0.2) is 4.98 Å². The SMILES string of the molecule is Cc1ccc(C(=O)NCCCc2nc3ccccc3n2Cc2ccc(Cl)cc2Cl)c(C)c1. The molecule has 0 saturated carbocycles. The third-order valence-corrected chi connectivity index (χ3v) is 6.15. The predicted molar refractivity (Wildman–Crippen MR) is 132 cm³/mol. The maximum absolute atomic E-state index is 12.5. The summed E-state index contributed by atoms with van der Waals surface area (Å²) < 4.78 is 2.19. The second kappa shape index (κ2) is 9.76. The molecular formula is C26H25Cl2N3O. The highest BCUT2D eigenvalue weighted by Gasteiger charge is 2.13. The Balaban J connectivity index is 1.47. The van der Waals surface area contributed by atoms with Crippen molar-refractivity contribution in [3.8, 4) is 0 Å². The average molecular weight is 466 g/mol. The Morgan fingerprint density at radius 2 is 1.84 bits per heavy atom. The molecule has 0 bridgehead atoms. The van der Waals surface area contributed by atoms with Gasteiger partial charge >= 0.3 is 0 Å². The molecule has 0 radical (unpaired) electrons.